The summed E-state index contributed by atoms with van der Waals surface area (Å²) in [7, 11) is 0. The van der Waals surface area contributed by atoms with Crippen LogP contribution in [0.5, 0.6) is 0 Å². The van der Waals surface area contributed by atoms with E-state index in [1.807, 2.05) is 19.9 Å². The molecule has 1 N–H and O–H groups in total. The molecule has 28 heavy (non-hydrogen) atoms. The van der Waals surface area contributed by atoms with Gasteiger partial charge < -0.3 is 14.4 Å². The van der Waals surface area contributed by atoms with Crippen LogP contribution in [0.4, 0.5) is 0 Å². The number of aliphatic hydroxyl groups excluding tert-OH is 1. The predicted octanol–water partition coefficient (Wildman–Crippen LogP) is 4.25. The summed E-state index contributed by atoms with van der Waals surface area (Å²) in [6.07, 6.45) is 0. The lowest BCUT2D eigenvalue weighted by Gasteiger charge is -2.24. The molecule has 7 heteroatoms. The minimum absolute atomic E-state index is 0.00831. The number of hydrogen-bond acceptors (Lipinski definition) is 4. The zero-order chi connectivity index (χ0) is 20.2. The number of aryl methyl sites for hydroxylation is 2. The van der Waals surface area contributed by atoms with Crippen LogP contribution in [-0.4, -0.2) is 29.1 Å². The van der Waals surface area contributed by atoms with Gasteiger partial charge in [0.2, 0.25) is 5.76 Å². The molecule has 1 aromatic heterocycles. The fourth-order valence-corrected chi connectivity index (χ4v) is 4.15. The van der Waals surface area contributed by atoms with Gasteiger partial charge in [0.15, 0.2) is 5.43 Å². The highest BCUT2D eigenvalue weighted by Gasteiger charge is 2.42. The Bertz CT molecular complexity index is 1190. The van der Waals surface area contributed by atoms with E-state index in [-0.39, 0.29) is 29.9 Å². The van der Waals surface area contributed by atoms with E-state index in [0.29, 0.717) is 26.6 Å². The Morgan fingerprint density at radius 1 is 1.11 bits per heavy atom. The van der Waals surface area contributed by atoms with Gasteiger partial charge >= 0.3 is 0 Å². The number of rotatable bonds is 3. The van der Waals surface area contributed by atoms with Crippen molar-refractivity contribution >= 4 is 40.1 Å². The first-order valence-corrected chi connectivity index (χ1v) is 9.53. The average Bonchev–Trinajstić information content (AvgIpc) is 2.92. The number of benzene rings is 2. The highest BCUT2D eigenvalue weighted by atomic mass is 35.5. The largest absolute Gasteiger partial charge is 0.450 e. The van der Waals surface area contributed by atoms with Gasteiger partial charge in [0.05, 0.1) is 33.6 Å². The number of halogens is 2. The van der Waals surface area contributed by atoms with Gasteiger partial charge in [-0.05, 0) is 48.7 Å². The molecule has 0 fully saturated rings. The summed E-state index contributed by atoms with van der Waals surface area (Å²) in [4.78, 5) is 27.8. The Labute approximate surface area is 171 Å². The van der Waals surface area contributed by atoms with E-state index in [0.717, 1.165) is 11.1 Å². The SMILES string of the molecule is Cc1cc(C)c2oc3c(c(=O)c2c1)C(c1ccc(Cl)c(Cl)c1)N(CCO)C3=O. The van der Waals surface area contributed by atoms with Crippen molar-refractivity contribution in [1.82, 2.24) is 4.90 Å². The first kappa shape index (κ1) is 19.0. The number of β-amino-alcohol motifs (C(OH)–C–C–N with tert-alkyl or cyclic N) is 1. The number of aliphatic hydroxyl groups is 1. The maximum atomic E-state index is 13.4. The Morgan fingerprint density at radius 3 is 2.54 bits per heavy atom. The second-order valence-corrected chi connectivity index (χ2v) is 7.75. The van der Waals surface area contributed by atoms with Crippen molar-refractivity contribution in [2.75, 3.05) is 13.2 Å². The Morgan fingerprint density at radius 2 is 1.86 bits per heavy atom. The molecule has 1 atom stereocenters. The minimum Gasteiger partial charge on any atom is -0.450 e. The Hall–Kier alpha value is -2.34. The molecule has 4 rings (SSSR count). The smallest absolute Gasteiger partial charge is 0.290 e. The van der Waals surface area contributed by atoms with Crippen molar-refractivity contribution in [2.45, 2.75) is 19.9 Å². The van der Waals surface area contributed by atoms with Gasteiger partial charge in [-0.2, -0.15) is 0 Å². The van der Waals surface area contributed by atoms with E-state index >= 15 is 0 Å². The summed E-state index contributed by atoms with van der Waals surface area (Å²) < 4.78 is 5.93. The molecule has 0 radical (unpaired) electrons. The summed E-state index contributed by atoms with van der Waals surface area (Å²) in [5.41, 5.74) is 2.75. The van der Waals surface area contributed by atoms with Crippen LogP contribution < -0.4 is 5.43 Å². The van der Waals surface area contributed by atoms with Crippen LogP contribution in [0.3, 0.4) is 0 Å². The van der Waals surface area contributed by atoms with Gasteiger partial charge in [-0.1, -0.05) is 35.3 Å². The van der Waals surface area contributed by atoms with Crippen molar-refractivity contribution in [3.05, 3.63) is 78.6 Å². The quantitative estimate of drug-likeness (QED) is 0.690. The fraction of sp³-hybridized carbons (Fsp3) is 0.238. The molecule has 144 valence electrons. The zero-order valence-electron chi connectivity index (χ0n) is 15.3. The van der Waals surface area contributed by atoms with E-state index < -0.39 is 11.9 Å². The zero-order valence-corrected chi connectivity index (χ0v) is 16.8. The molecule has 2 heterocycles. The van der Waals surface area contributed by atoms with Crippen LogP contribution in [0.2, 0.25) is 10.0 Å². The lowest BCUT2D eigenvalue weighted by atomic mass is 9.97. The molecule has 2 aromatic carbocycles. The van der Waals surface area contributed by atoms with Gasteiger partial charge in [-0.15, -0.1) is 0 Å². The van der Waals surface area contributed by atoms with E-state index in [4.69, 9.17) is 27.6 Å². The molecule has 0 aliphatic carbocycles. The first-order chi connectivity index (χ1) is 13.3. The van der Waals surface area contributed by atoms with Gasteiger partial charge in [-0.25, -0.2) is 0 Å². The van der Waals surface area contributed by atoms with Crippen LogP contribution in [0.15, 0.2) is 39.5 Å². The number of hydrogen-bond donors (Lipinski definition) is 1. The van der Waals surface area contributed by atoms with E-state index in [1.54, 1.807) is 24.3 Å². The Kier molecular flexibility index (Phi) is 4.70. The van der Waals surface area contributed by atoms with Gasteiger partial charge in [0.25, 0.3) is 5.91 Å². The van der Waals surface area contributed by atoms with Gasteiger partial charge in [-0.3, -0.25) is 9.59 Å². The lowest BCUT2D eigenvalue weighted by Crippen LogP contribution is -2.32. The average molecular weight is 418 g/mol. The molecule has 5 nitrogen and oxygen atoms in total. The molecule has 3 aromatic rings. The van der Waals surface area contributed by atoms with Gasteiger partial charge in [0, 0.05) is 6.54 Å². The third kappa shape index (κ3) is 2.82. The normalized spacial score (nSPS) is 16.1. The summed E-state index contributed by atoms with van der Waals surface area (Å²) in [5.74, 6) is -0.423. The summed E-state index contributed by atoms with van der Waals surface area (Å²) in [5, 5.41) is 10.6. The lowest BCUT2D eigenvalue weighted by molar-refractivity contribution is 0.0691. The third-order valence-corrected chi connectivity index (χ3v) is 5.74. The van der Waals surface area contributed by atoms with Crippen LogP contribution in [-0.2, 0) is 0 Å². The third-order valence-electron chi connectivity index (χ3n) is 5.00. The summed E-state index contributed by atoms with van der Waals surface area (Å²) in [6.45, 7) is 3.55. The summed E-state index contributed by atoms with van der Waals surface area (Å²) >= 11 is 12.2. The molecule has 0 saturated heterocycles. The maximum absolute atomic E-state index is 13.4. The molecule has 1 aliphatic rings. The molecular formula is C21H17Cl2NO4. The first-order valence-electron chi connectivity index (χ1n) is 8.78. The van der Waals surface area contributed by atoms with Crippen molar-refractivity contribution in [2.24, 2.45) is 0 Å². The van der Waals surface area contributed by atoms with Crippen molar-refractivity contribution < 1.29 is 14.3 Å². The number of carbonyl (C=O) groups excluding carboxylic acids is 1. The second-order valence-electron chi connectivity index (χ2n) is 6.93. The van der Waals surface area contributed by atoms with Crippen molar-refractivity contribution in [3.8, 4) is 0 Å². The monoisotopic (exact) mass is 417 g/mol. The van der Waals surface area contributed by atoms with E-state index in [2.05, 4.69) is 0 Å². The number of nitrogens with zero attached hydrogens (tertiary/aromatic N) is 1. The second kappa shape index (κ2) is 6.92. The highest BCUT2D eigenvalue weighted by molar-refractivity contribution is 6.42. The van der Waals surface area contributed by atoms with Gasteiger partial charge in [0.1, 0.15) is 5.58 Å². The molecule has 0 bridgehead atoms. The number of fused-ring (bicyclic) bond motifs is 2. The van der Waals surface area contributed by atoms with Crippen LogP contribution >= 0.6 is 23.2 Å². The van der Waals surface area contributed by atoms with Crippen molar-refractivity contribution in [3.63, 3.8) is 0 Å². The number of amides is 1. The van der Waals surface area contributed by atoms with E-state index in [9.17, 15) is 14.7 Å². The highest BCUT2D eigenvalue weighted by Crippen LogP contribution is 2.39. The fourth-order valence-electron chi connectivity index (χ4n) is 3.84. The standard InChI is InChI=1S/C21H17Cl2NO4/c1-10-7-11(2)19-13(8-10)18(26)16-17(12-3-4-14(22)15(23)9-12)24(5-6-25)21(27)20(16)28-19/h3-4,7-9,17,25H,5-6H2,1-2H3. The van der Waals surface area contributed by atoms with E-state index in [1.165, 1.54) is 4.90 Å². The Balaban J connectivity index is 2.04. The number of carbonyl (C=O) groups is 1. The van der Waals surface area contributed by atoms with Crippen molar-refractivity contribution in [1.29, 1.82) is 0 Å². The van der Waals surface area contributed by atoms with Crippen LogP contribution in [0.25, 0.3) is 11.0 Å². The van der Waals surface area contributed by atoms with Crippen LogP contribution in [0, 0.1) is 13.8 Å². The van der Waals surface area contributed by atoms with Crippen LogP contribution in [0.1, 0.15) is 38.9 Å². The molecule has 0 saturated carbocycles. The molecular weight excluding hydrogens is 401 g/mol. The molecule has 1 unspecified atom stereocenters. The maximum Gasteiger partial charge on any atom is 0.290 e. The topological polar surface area (TPSA) is 70.8 Å². The molecule has 0 spiro atoms. The molecule has 1 aliphatic heterocycles. The molecule has 1 amide bonds. The summed E-state index contributed by atoms with van der Waals surface area (Å²) in [6, 6.07) is 7.93. The minimum atomic E-state index is -0.703. The predicted molar refractivity (Wildman–Crippen MR) is 108 cm³/mol.